The summed E-state index contributed by atoms with van der Waals surface area (Å²) in [5.41, 5.74) is 5.73. The van der Waals surface area contributed by atoms with Crippen LogP contribution >= 0.6 is 0 Å². The lowest BCUT2D eigenvalue weighted by atomic mass is 9.80. The van der Waals surface area contributed by atoms with Gasteiger partial charge in [0.15, 0.2) is 0 Å². The van der Waals surface area contributed by atoms with Crippen molar-refractivity contribution in [1.82, 2.24) is 4.90 Å². The average molecular weight is 280 g/mol. The lowest BCUT2D eigenvalue weighted by Crippen LogP contribution is -2.40. The van der Waals surface area contributed by atoms with Crippen molar-refractivity contribution < 1.29 is 4.79 Å². The molecule has 0 heterocycles. The summed E-state index contributed by atoms with van der Waals surface area (Å²) in [5.74, 6) is 2.54. The van der Waals surface area contributed by atoms with Crippen LogP contribution in [0.4, 0.5) is 0 Å². The summed E-state index contributed by atoms with van der Waals surface area (Å²) in [6.45, 7) is 3.15. The van der Waals surface area contributed by atoms with Crippen molar-refractivity contribution in [2.75, 3.05) is 13.6 Å². The second-order valence-electron chi connectivity index (χ2n) is 7.24. The Balaban J connectivity index is 1.74. The maximum Gasteiger partial charge on any atom is 0.222 e. The molecule has 0 aromatic carbocycles. The van der Waals surface area contributed by atoms with Gasteiger partial charge in [-0.2, -0.15) is 0 Å². The van der Waals surface area contributed by atoms with E-state index in [1.54, 1.807) is 0 Å². The first-order valence-corrected chi connectivity index (χ1v) is 8.55. The summed E-state index contributed by atoms with van der Waals surface area (Å²) in [5, 5.41) is 0. The molecule has 2 aliphatic rings. The number of nitrogens with zero attached hydrogens (tertiary/aromatic N) is 1. The molecule has 2 aliphatic carbocycles. The molecule has 0 unspecified atom stereocenters. The zero-order chi connectivity index (χ0) is 14.5. The predicted octanol–water partition coefficient (Wildman–Crippen LogP) is 3.18. The van der Waals surface area contributed by atoms with E-state index in [2.05, 4.69) is 11.8 Å². The minimum absolute atomic E-state index is 0.376. The number of rotatable bonds is 4. The number of hydrogen-bond acceptors (Lipinski definition) is 2. The molecular weight excluding hydrogens is 248 g/mol. The molecule has 0 bridgehead atoms. The third kappa shape index (κ3) is 4.21. The zero-order valence-corrected chi connectivity index (χ0v) is 13.3. The van der Waals surface area contributed by atoms with Crippen LogP contribution in [-0.4, -0.2) is 30.4 Å². The van der Waals surface area contributed by atoms with Crippen molar-refractivity contribution in [2.24, 2.45) is 23.5 Å². The highest BCUT2D eigenvalue weighted by Gasteiger charge is 2.28. The van der Waals surface area contributed by atoms with Crippen LogP contribution in [0.1, 0.15) is 64.7 Å². The second-order valence-corrected chi connectivity index (χ2v) is 7.24. The molecular formula is C17H32N2O. The van der Waals surface area contributed by atoms with Crippen LogP contribution in [0.15, 0.2) is 0 Å². The Morgan fingerprint density at radius 2 is 1.55 bits per heavy atom. The summed E-state index contributed by atoms with van der Waals surface area (Å²) in [6, 6.07) is 0.499. The minimum atomic E-state index is 0.376. The molecule has 0 spiro atoms. The van der Waals surface area contributed by atoms with Gasteiger partial charge in [0.25, 0.3) is 0 Å². The van der Waals surface area contributed by atoms with Gasteiger partial charge in [0.1, 0.15) is 0 Å². The van der Waals surface area contributed by atoms with Gasteiger partial charge < -0.3 is 10.6 Å². The summed E-state index contributed by atoms with van der Waals surface area (Å²) < 4.78 is 0. The van der Waals surface area contributed by atoms with E-state index >= 15 is 0 Å². The van der Waals surface area contributed by atoms with Crippen molar-refractivity contribution in [3.05, 3.63) is 0 Å². The Hall–Kier alpha value is -0.570. The highest BCUT2D eigenvalue weighted by atomic mass is 16.2. The van der Waals surface area contributed by atoms with Crippen LogP contribution in [0.3, 0.4) is 0 Å². The van der Waals surface area contributed by atoms with Crippen molar-refractivity contribution in [2.45, 2.75) is 70.8 Å². The minimum Gasteiger partial charge on any atom is -0.343 e. The molecule has 0 saturated heterocycles. The third-order valence-electron chi connectivity index (χ3n) is 5.69. The maximum atomic E-state index is 12.4. The van der Waals surface area contributed by atoms with E-state index in [0.717, 1.165) is 18.9 Å². The Labute approximate surface area is 124 Å². The number of carbonyl (C=O) groups is 1. The average Bonchev–Trinajstić information content (AvgIpc) is 2.48. The van der Waals surface area contributed by atoms with Crippen molar-refractivity contribution in [3.8, 4) is 0 Å². The fourth-order valence-electron chi connectivity index (χ4n) is 3.90. The van der Waals surface area contributed by atoms with Crippen LogP contribution in [0.2, 0.25) is 0 Å². The van der Waals surface area contributed by atoms with Gasteiger partial charge in [-0.1, -0.05) is 6.92 Å². The van der Waals surface area contributed by atoms with E-state index in [0.29, 0.717) is 23.8 Å². The number of nitrogens with two attached hydrogens (primary N) is 1. The van der Waals surface area contributed by atoms with Gasteiger partial charge in [-0.05, 0) is 75.7 Å². The van der Waals surface area contributed by atoms with Gasteiger partial charge in [-0.25, -0.2) is 0 Å². The molecule has 2 fully saturated rings. The van der Waals surface area contributed by atoms with Gasteiger partial charge in [-0.3, -0.25) is 4.79 Å². The van der Waals surface area contributed by atoms with E-state index < -0.39 is 0 Å². The first-order valence-electron chi connectivity index (χ1n) is 8.55. The fraction of sp³-hybridized carbons (Fsp3) is 0.941. The van der Waals surface area contributed by atoms with Crippen LogP contribution in [-0.2, 0) is 4.79 Å². The lowest BCUT2D eigenvalue weighted by Gasteiger charge is -2.35. The van der Waals surface area contributed by atoms with Crippen molar-refractivity contribution >= 4 is 5.91 Å². The molecule has 2 N–H and O–H groups in total. The summed E-state index contributed by atoms with van der Waals surface area (Å²) >= 11 is 0. The lowest BCUT2D eigenvalue weighted by molar-refractivity contribution is -0.134. The maximum absolute atomic E-state index is 12.4. The van der Waals surface area contributed by atoms with Gasteiger partial charge in [0, 0.05) is 19.5 Å². The molecule has 0 aromatic rings. The number of hydrogen-bond donors (Lipinski definition) is 1. The standard InChI is InChI=1S/C17H32N2O/c1-13-3-9-16(10-4-13)19(2)17(20)11-14-5-7-15(12-18)8-6-14/h13-16H,3-12,18H2,1-2H3. The highest BCUT2D eigenvalue weighted by Crippen LogP contribution is 2.32. The second kappa shape index (κ2) is 7.44. The molecule has 0 aliphatic heterocycles. The molecule has 3 nitrogen and oxygen atoms in total. The Morgan fingerprint density at radius 3 is 2.10 bits per heavy atom. The van der Waals surface area contributed by atoms with Gasteiger partial charge >= 0.3 is 0 Å². The molecule has 2 saturated carbocycles. The highest BCUT2D eigenvalue weighted by molar-refractivity contribution is 5.76. The van der Waals surface area contributed by atoms with Gasteiger partial charge in [-0.15, -0.1) is 0 Å². The van der Waals surface area contributed by atoms with Crippen LogP contribution in [0, 0.1) is 17.8 Å². The van der Waals surface area contributed by atoms with Crippen molar-refractivity contribution in [1.29, 1.82) is 0 Å². The van der Waals surface area contributed by atoms with Crippen molar-refractivity contribution in [3.63, 3.8) is 0 Å². The summed E-state index contributed by atoms with van der Waals surface area (Å²) in [7, 11) is 2.02. The van der Waals surface area contributed by atoms with E-state index in [9.17, 15) is 4.79 Å². The monoisotopic (exact) mass is 280 g/mol. The van der Waals surface area contributed by atoms with Gasteiger partial charge in [0.2, 0.25) is 5.91 Å². The third-order valence-corrected chi connectivity index (χ3v) is 5.69. The SMILES string of the molecule is CC1CCC(N(C)C(=O)CC2CCC(CN)CC2)CC1. The van der Waals surface area contributed by atoms with Crippen LogP contribution in [0.5, 0.6) is 0 Å². The largest absolute Gasteiger partial charge is 0.343 e. The molecule has 0 atom stereocenters. The molecule has 1 amide bonds. The fourth-order valence-corrected chi connectivity index (χ4v) is 3.90. The molecule has 0 radical (unpaired) electrons. The molecule has 116 valence electrons. The van der Waals surface area contributed by atoms with Crippen LogP contribution < -0.4 is 5.73 Å². The Kier molecular flexibility index (Phi) is 5.88. The first-order chi connectivity index (χ1) is 9.60. The number of carbonyl (C=O) groups excluding carboxylic acids is 1. The van der Waals surface area contributed by atoms with Crippen LogP contribution in [0.25, 0.3) is 0 Å². The predicted molar refractivity (Wildman–Crippen MR) is 83.3 cm³/mol. The van der Waals surface area contributed by atoms with E-state index in [1.807, 2.05) is 7.05 Å². The van der Waals surface area contributed by atoms with E-state index in [1.165, 1.54) is 51.4 Å². The summed E-state index contributed by atoms with van der Waals surface area (Å²) in [6.07, 6.45) is 10.6. The smallest absolute Gasteiger partial charge is 0.222 e. The summed E-state index contributed by atoms with van der Waals surface area (Å²) in [4.78, 5) is 14.5. The Morgan fingerprint density at radius 1 is 1.00 bits per heavy atom. The number of amides is 1. The van der Waals surface area contributed by atoms with E-state index in [-0.39, 0.29) is 0 Å². The molecule has 20 heavy (non-hydrogen) atoms. The quantitative estimate of drug-likeness (QED) is 0.859. The molecule has 0 aromatic heterocycles. The topological polar surface area (TPSA) is 46.3 Å². The first kappa shape index (κ1) is 15.8. The molecule has 2 rings (SSSR count). The zero-order valence-electron chi connectivity index (χ0n) is 13.3. The van der Waals surface area contributed by atoms with Gasteiger partial charge in [0.05, 0.1) is 0 Å². The molecule has 3 heteroatoms. The Bertz CT molecular complexity index is 302. The van der Waals surface area contributed by atoms with E-state index in [4.69, 9.17) is 5.73 Å². The normalized spacial score (nSPS) is 34.8.